The van der Waals surface area contributed by atoms with Crippen molar-refractivity contribution in [2.45, 2.75) is 66.0 Å². The van der Waals surface area contributed by atoms with Crippen LogP contribution in [0.2, 0.25) is 0 Å². The van der Waals surface area contributed by atoms with Gasteiger partial charge in [-0.3, -0.25) is 13.9 Å². The van der Waals surface area contributed by atoms with Gasteiger partial charge in [0.05, 0.1) is 11.9 Å². The molecule has 0 fully saturated rings. The van der Waals surface area contributed by atoms with E-state index in [0.29, 0.717) is 17.8 Å². The highest BCUT2D eigenvalue weighted by atomic mass is 32.2. The first-order valence-electron chi connectivity index (χ1n) is 12.3. The summed E-state index contributed by atoms with van der Waals surface area (Å²) in [5.74, 6) is -1.10. The number of anilines is 1. The van der Waals surface area contributed by atoms with E-state index in [0.717, 1.165) is 30.2 Å². The molecule has 2 amide bonds. The average molecular weight is 520 g/mol. The SMILES string of the molecule is CCCCNC(=O)C(C)N(Cc1ccccc1F)C(=O)CCCN(c1cccc(C)c1C)S(C)(=O)=O. The summed E-state index contributed by atoms with van der Waals surface area (Å²) in [5.41, 5.74) is 2.72. The molecule has 1 unspecified atom stereocenters. The Balaban J connectivity index is 2.19. The van der Waals surface area contributed by atoms with Crippen molar-refractivity contribution in [3.8, 4) is 0 Å². The monoisotopic (exact) mass is 519 g/mol. The lowest BCUT2D eigenvalue weighted by Gasteiger charge is -2.30. The maximum Gasteiger partial charge on any atom is 0.242 e. The van der Waals surface area contributed by atoms with Crippen LogP contribution in [0.15, 0.2) is 42.5 Å². The number of sulfonamides is 1. The third-order valence-electron chi connectivity index (χ3n) is 6.29. The minimum absolute atomic E-state index is 0.0118. The largest absolute Gasteiger partial charge is 0.354 e. The molecule has 2 aromatic carbocycles. The molecule has 0 aromatic heterocycles. The lowest BCUT2D eigenvalue weighted by Crippen LogP contribution is -2.48. The van der Waals surface area contributed by atoms with Gasteiger partial charge in [0.15, 0.2) is 0 Å². The van der Waals surface area contributed by atoms with E-state index in [9.17, 15) is 22.4 Å². The van der Waals surface area contributed by atoms with Gasteiger partial charge in [-0.1, -0.05) is 43.7 Å². The van der Waals surface area contributed by atoms with Crippen LogP contribution in [0.1, 0.15) is 56.2 Å². The molecule has 198 valence electrons. The average Bonchev–Trinajstić information content (AvgIpc) is 2.82. The topological polar surface area (TPSA) is 86.8 Å². The first-order valence-corrected chi connectivity index (χ1v) is 14.2. The second kappa shape index (κ2) is 13.4. The van der Waals surface area contributed by atoms with E-state index in [1.165, 1.54) is 15.3 Å². The van der Waals surface area contributed by atoms with Gasteiger partial charge in [0.2, 0.25) is 21.8 Å². The van der Waals surface area contributed by atoms with Gasteiger partial charge in [0.1, 0.15) is 11.9 Å². The highest BCUT2D eigenvalue weighted by Crippen LogP contribution is 2.25. The van der Waals surface area contributed by atoms with E-state index in [-0.39, 0.29) is 37.7 Å². The van der Waals surface area contributed by atoms with Crippen molar-refractivity contribution in [1.82, 2.24) is 10.2 Å². The van der Waals surface area contributed by atoms with Crippen LogP contribution >= 0.6 is 0 Å². The first-order chi connectivity index (χ1) is 17.0. The molecular formula is C27H38FN3O4S. The summed E-state index contributed by atoms with van der Waals surface area (Å²) in [6, 6.07) is 10.8. The molecule has 9 heteroatoms. The molecule has 0 aliphatic carbocycles. The highest BCUT2D eigenvalue weighted by molar-refractivity contribution is 7.92. The molecule has 0 radical (unpaired) electrons. The maximum atomic E-state index is 14.4. The molecule has 0 saturated carbocycles. The third-order valence-corrected chi connectivity index (χ3v) is 7.47. The van der Waals surface area contributed by atoms with Crippen LogP contribution in [-0.2, 0) is 26.2 Å². The lowest BCUT2D eigenvalue weighted by atomic mass is 10.1. The number of amides is 2. The Kier molecular flexibility index (Phi) is 10.9. The van der Waals surface area contributed by atoms with Crippen LogP contribution in [0.3, 0.4) is 0 Å². The van der Waals surface area contributed by atoms with Crippen molar-refractivity contribution >= 4 is 27.5 Å². The van der Waals surface area contributed by atoms with Gasteiger partial charge in [-0.25, -0.2) is 12.8 Å². The summed E-state index contributed by atoms with van der Waals surface area (Å²) in [7, 11) is -3.58. The number of carbonyl (C=O) groups excluding carboxylic acids is 2. The fraction of sp³-hybridized carbons (Fsp3) is 0.481. The van der Waals surface area contributed by atoms with Crippen molar-refractivity contribution in [3.63, 3.8) is 0 Å². The van der Waals surface area contributed by atoms with Crippen LogP contribution in [0, 0.1) is 19.7 Å². The first kappa shape index (κ1) is 29.3. The fourth-order valence-electron chi connectivity index (χ4n) is 3.92. The number of carbonyl (C=O) groups is 2. The Morgan fingerprint density at radius 2 is 1.75 bits per heavy atom. The van der Waals surface area contributed by atoms with Gasteiger partial charge in [0, 0.05) is 31.6 Å². The summed E-state index contributed by atoms with van der Waals surface area (Å²) in [6.07, 6.45) is 3.14. The molecule has 0 spiro atoms. The zero-order chi connectivity index (χ0) is 26.9. The number of unbranched alkanes of at least 4 members (excludes halogenated alkanes) is 1. The standard InChI is InChI=1S/C27H38FN3O4S/c1-6-7-17-29-27(33)22(4)30(19-23-13-8-9-14-24(23)28)26(32)16-11-18-31(36(5,34)35)25-15-10-12-20(2)21(25)3/h8-10,12-15,22H,6-7,11,16-19H2,1-5H3,(H,29,33). The molecule has 2 aromatic rings. The van der Waals surface area contributed by atoms with Gasteiger partial charge < -0.3 is 10.2 Å². The number of benzene rings is 2. The summed E-state index contributed by atoms with van der Waals surface area (Å²) in [4.78, 5) is 27.4. The molecule has 1 N–H and O–H groups in total. The third kappa shape index (κ3) is 8.05. The number of halogens is 1. The van der Waals surface area contributed by atoms with E-state index in [2.05, 4.69) is 5.32 Å². The van der Waals surface area contributed by atoms with Crippen molar-refractivity contribution in [3.05, 3.63) is 65.0 Å². The maximum absolute atomic E-state index is 14.4. The van der Waals surface area contributed by atoms with Crippen LogP contribution in [-0.4, -0.2) is 50.5 Å². The molecule has 2 rings (SSSR count). The number of rotatable bonds is 13. The van der Waals surface area contributed by atoms with Crippen LogP contribution < -0.4 is 9.62 Å². The zero-order valence-electron chi connectivity index (χ0n) is 21.9. The number of nitrogens with zero attached hydrogens (tertiary/aromatic N) is 2. The predicted molar refractivity (Wildman–Crippen MR) is 142 cm³/mol. The molecule has 0 aliphatic heterocycles. The van der Waals surface area contributed by atoms with Crippen molar-refractivity contribution in [2.24, 2.45) is 0 Å². The molecule has 0 aliphatic rings. The number of aryl methyl sites for hydroxylation is 1. The van der Waals surface area contributed by atoms with Gasteiger partial charge >= 0.3 is 0 Å². The van der Waals surface area contributed by atoms with E-state index in [1.54, 1.807) is 37.3 Å². The predicted octanol–water partition coefficient (Wildman–Crippen LogP) is 4.32. The highest BCUT2D eigenvalue weighted by Gasteiger charge is 2.27. The normalized spacial score (nSPS) is 12.2. The van der Waals surface area contributed by atoms with Crippen molar-refractivity contribution in [2.75, 3.05) is 23.7 Å². The molecule has 0 bridgehead atoms. The molecule has 0 heterocycles. The van der Waals surface area contributed by atoms with Gasteiger partial charge in [0.25, 0.3) is 0 Å². The summed E-state index contributed by atoms with van der Waals surface area (Å²) >= 11 is 0. The van der Waals surface area contributed by atoms with Crippen LogP contribution in [0.4, 0.5) is 10.1 Å². The summed E-state index contributed by atoms with van der Waals surface area (Å²) in [5, 5.41) is 2.83. The molecule has 1 atom stereocenters. The Bertz CT molecular complexity index is 1150. The van der Waals surface area contributed by atoms with E-state index in [1.807, 2.05) is 26.8 Å². The Morgan fingerprint density at radius 3 is 2.39 bits per heavy atom. The number of nitrogens with one attached hydrogen (secondary N) is 1. The fourth-order valence-corrected chi connectivity index (χ4v) is 4.93. The van der Waals surface area contributed by atoms with Gasteiger partial charge in [-0.05, 0) is 56.9 Å². The molecule has 36 heavy (non-hydrogen) atoms. The van der Waals surface area contributed by atoms with Crippen molar-refractivity contribution < 1.29 is 22.4 Å². The number of hydrogen-bond donors (Lipinski definition) is 1. The second-order valence-corrected chi connectivity index (χ2v) is 11.0. The van der Waals surface area contributed by atoms with Crippen molar-refractivity contribution in [1.29, 1.82) is 0 Å². The van der Waals surface area contributed by atoms with Crippen LogP contribution in [0.25, 0.3) is 0 Å². The Hall–Kier alpha value is -2.94. The van der Waals surface area contributed by atoms with Gasteiger partial charge in [-0.2, -0.15) is 0 Å². The number of hydrogen-bond acceptors (Lipinski definition) is 4. The Morgan fingerprint density at radius 1 is 1.06 bits per heavy atom. The smallest absolute Gasteiger partial charge is 0.242 e. The minimum Gasteiger partial charge on any atom is -0.354 e. The van der Waals surface area contributed by atoms with E-state index >= 15 is 0 Å². The zero-order valence-corrected chi connectivity index (χ0v) is 22.7. The minimum atomic E-state index is -3.58. The molecular weight excluding hydrogens is 481 g/mol. The summed E-state index contributed by atoms with van der Waals surface area (Å²) in [6.45, 7) is 7.97. The molecule has 0 saturated heterocycles. The Labute approximate surface area is 214 Å². The summed E-state index contributed by atoms with van der Waals surface area (Å²) < 4.78 is 40.8. The second-order valence-electron chi connectivity index (χ2n) is 9.09. The molecule has 7 nitrogen and oxygen atoms in total. The lowest BCUT2D eigenvalue weighted by molar-refractivity contribution is -0.140. The van der Waals surface area contributed by atoms with E-state index in [4.69, 9.17) is 0 Å². The van der Waals surface area contributed by atoms with Crippen LogP contribution in [0.5, 0.6) is 0 Å². The quantitative estimate of drug-likeness (QED) is 0.399. The van der Waals surface area contributed by atoms with E-state index < -0.39 is 21.9 Å². The van der Waals surface area contributed by atoms with Gasteiger partial charge in [-0.15, -0.1) is 0 Å².